The maximum atomic E-state index is 11.5. The van der Waals surface area contributed by atoms with Gasteiger partial charge < -0.3 is 0 Å². The van der Waals surface area contributed by atoms with Crippen LogP contribution in [0.4, 0.5) is 0 Å². The quantitative estimate of drug-likeness (QED) is 0.525. The number of rotatable bonds is 4. The van der Waals surface area contributed by atoms with Crippen molar-refractivity contribution >= 4 is 11.6 Å². The molecular weight excluding hydrogens is 180 g/mol. The van der Waals surface area contributed by atoms with Crippen molar-refractivity contribution in [3.05, 3.63) is 24.3 Å². The van der Waals surface area contributed by atoms with Gasteiger partial charge in [0.15, 0.2) is 5.78 Å². The first-order chi connectivity index (χ1) is 6.77. The lowest BCUT2D eigenvalue weighted by Crippen LogP contribution is -2.10. The SMILES string of the molecule is O=C(CC(=O)C1CC1)c1ccncn1. The molecule has 1 aliphatic carbocycles. The van der Waals surface area contributed by atoms with Gasteiger partial charge in [-0.2, -0.15) is 0 Å². The van der Waals surface area contributed by atoms with Gasteiger partial charge in [-0.3, -0.25) is 9.59 Å². The fourth-order valence-electron chi connectivity index (χ4n) is 1.25. The highest BCUT2D eigenvalue weighted by molar-refractivity contribution is 6.08. The van der Waals surface area contributed by atoms with Gasteiger partial charge in [-0.1, -0.05) is 0 Å². The largest absolute Gasteiger partial charge is 0.299 e. The molecule has 72 valence electrons. The van der Waals surface area contributed by atoms with Gasteiger partial charge in [0.1, 0.15) is 17.8 Å². The Balaban J connectivity index is 1.98. The topological polar surface area (TPSA) is 59.9 Å². The van der Waals surface area contributed by atoms with Crippen molar-refractivity contribution in [2.45, 2.75) is 19.3 Å². The summed E-state index contributed by atoms with van der Waals surface area (Å²) in [7, 11) is 0. The van der Waals surface area contributed by atoms with E-state index in [0.717, 1.165) is 12.8 Å². The van der Waals surface area contributed by atoms with Gasteiger partial charge in [0.05, 0.1) is 6.42 Å². The minimum absolute atomic E-state index is 0.0122. The Morgan fingerprint density at radius 2 is 2.21 bits per heavy atom. The summed E-state index contributed by atoms with van der Waals surface area (Å²) in [6.45, 7) is 0. The van der Waals surface area contributed by atoms with Crippen molar-refractivity contribution in [3.63, 3.8) is 0 Å². The molecule has 1 saturated carbocycles. The van der Waals surface area contributed by atoms with E-state index in [1.165, 1.54) is 18.6 Å². The van der Waals surface area contributed by atoms with Crippen molar-refractivity contribution in [2.75, 3.05) is 0 Å². The first kappa shape index (κ1) is 8.99. The number of carbonyl (C=O) groups is 2. The van der Waals surface area contributed by atoms with Crippen LogP contribution in [0.1, 0.15) is 29.8 Å². The maximum Gasteiger partial charge on any atom is 0.188 e. The highest BCUT2D eigenvalue weighted by Gasteiger charge is 2.30. The molecule has 1 aromatic rings. The van der Waals surface area contributed by atoms with E-state index >= 15 is 0 Å². The number of hydrogen-bond acceptors (Lipinski definition) is 4. The number of ketones is 2. The Kier molecular flexibility index (Phi) is 2.35. The first-order valence-electron chi connectivity index (χ1n) is 4.59. The Bertz CT molecular complexity index is 358. The van der Waals surface area contributed by atoms with E-state index in [-0.39, 0.29) is 23.9 Å². The molecule has 2 rings (SSSR count). The van der Waals surface area contributed by atoms with Gasteiger partial charge in [-0.15, -0.1) is 0 Å². The molecule has 0 saturated heterocycles. The van der Waals surface area contributed by atoms with E-state index in [2.05, 4.69) is 9.97 Å². The molecule has 0 aliphatic heterocycles. The van der Waals surface area contributed by atoms with Crippen LogP contribution in [-0.4, -0.2) is 21.5 Å². The normalized spacial score (nSPS) is 15.1. The highest BCUT2D eigenvalue weighted by Crippen LogP contribution is 2.31. The van der Waals surface area contributed by atoms with E-state index in [1.54, 1.807) is 0 Å². The number of nitrogens with zero attached hydrogens (tertiary/aromatic N) is 2. The molecule has 0 N–H and O–H groups in total. The minimum Gasteiger partial charge on any atom is -0.299 e. The van der Waals surface area contributed by atoms with Crippen LogP contribution in [0.15, 0.2) is 18.6 Å². The van der Waals surface area contributed by atoms with Gasteiger partial charge in [0, 0.05) is 12.1 Å². The van der Waals surface area contributed by atoms with Gasteiger partial charge in [-0.25, -0.2) is 9.97 Å². The molecule has 0 aromatic carbocycles. The molecule has 0 radical (unpaired) electrons. The summed E-state index contributed by atoms with van der Waals surface area (Å²) in [5.41, 5.74) is 0.328. The van der Waals surface area contributed by atoms with Gasteiger partial charge in [-0.05, 0) is 18.9 Å². The van der Waals surface area contributed by atoms with E-state index in [0.29, 0.717) is 5.69 Å². The van der Waals surface area contributed by atoms with E-state index in [1.807, 2.05) is 0 Å². The number of aromatic nitrogens is 2. The Hall–Kier alpha value is -1.58. The van der Waals surface area contributed by atoms with Gasteiger partial charge in [0.25, 0.3) is 0 Å². The monoisotopic (exact) mass is 190 g/mol. The fraction of sp³-hybridized carbons (Fsp3) is 0.400. The molecule has 4 heteroatoms. The predicted molar refractivity (Wildman–Crippen MR) is 48.7 cm³/mol. The summed E-state index contributed by atoms with van der Waals surface area (Å²) < 4.78 is 0. The Morgan fingerprint density at radius 1 is 1.43 bits per heavy atom. The molecule has 1 fully saturated rings. The van der Waals surface area contributed by atoms with Crippen LogP contribution in [0.3, 0.4) is 0 Å². The van der Waals surface area contributed by atoms with Crippen LogP contribution < -0.4 is 0 Å². The molecule has 1 aliphatic rings. The molecule has 0 atom stereocenters. The molecule has 1 aromatic heterocycles. The van der Waals surface area contributed by atoms with Crippen molar-refractivity contribution in [3.8, 4) is 0 Å². The smallest absolute Gasteiger partial charge is 0.188 e. The summed E-state index contributed by atoms with van der Waals surface area (Å²) in [5, 5.41) is 0. The fourth-order valence-corrected chi connectivity index (χ4v) is 1.25. The first-order valence-corrected chi connectivity index (χ1v) is 4.59. The zero-order valence-corrected chi connectivity index (χ0v) is 7.64. The molecule has 0 spiro atoms. The van der Waals surface area contributed by atoms with Crippen LogP contribution in [0, 0.1) is 5.92 Å². The predicted octanol–water partition coefficient (Wildman–Crippen LogP) is 1.03. The summed E-state index contributed by atoms with van der Waals surface area (Å²) in [5.74, 6) is -0.0151. The van der Waals surface area contributed by atoms with Crippen molar-refractivity contribution in [2.24, 2.45) is 5.92 Å². The third kappa shape index (κ3) is 2.02. The standard InChI is InChI=1S/C10H10N2O2/c13-9(7-1-2-7)5-10(14)8-3-4-11-6-12-8/h3-4,6-7H,1-2,5H2. The second-order valence-electron chi connectivity index (χ2n) is 3.44. The summed E-state index contributed by atoms with van der Waals surface area (Å²) in [4.78, 5) is 30.3. The highest BCUT2D eigenvalue weighted by atomic mass is 16.1. The average molecular weight is 190 g/mol. The summed E-state index contributed by atoms with van der Waals surface area (Å²) >= 11 is 0. The summed E-state index contributed by atoms with van der Waals surface area (Å²) in [6.07, 6.45) is 4.68. The van der Waals surface area contributed by atoms with Crippen LogP contribution in [0.25, 0.3) is 0 Å². The molecule has 0 bridgehead atoms. The van der Waals surface area contributed by atoms with Gasteiger partial charge in [0.2, 0.25) is 0 Å². The van der Waals surface area contributed by atoms with Crippen molar-refractivity contribution in [1.29, 1.82) is 0 Å². The third-order valence-corrected chi connectivity index (χ3v) is 2.24. The van der Waals surface area contributed by atoms with Crippen LogP contribution in [-0.2, 0) is 4.79 Å². The minimum atomic E-state index is -0.204. The molecule has 4 nitrogen and oxygen atoms in total. The number of hydrogen-bond donors (Lipinski definition) is 0. The number of carbonyl (C=O) groups excluding carboxylic acids is 2. The summed E-state index contributed by atoms with van der Waals surface area (Å²) in [6, 6.07) is 1.53. The maximum absolute atomic E-state index is 11.5. The molecule has 1 heterocycles. The second kappa shape index (κ2) is 3.65. The molecular formula is C10H10N2O2. The lowest BCUT2D eigenvalue weighted by Gasteiger charge is -1.97. The van der Waals surface area contributed by atoms with Gasteiger partial charge >= 0.3 is 0 Å². The van der Waals surface area contributed by atoms with Crippen molar-refractivity contribution in [1.82, 2.24) is 9.97 Å². The third-order valence-electron chi connectivity index (χ3n) is 2.24. The molecule has 0 unspecified atom stereocenters. The molecule has 14 heavy (non-hydrogen) atoms. The van der Waals surface area contributed by atoms with Crippen LogP contribution in [0.2, 0.25) is 0 Å². The zero-order valence-electron chi connectivity index (χ0n) is 7.64. The van der Waals surface area contributed by atoms with Crippen LogP contribution in [0.5, 0.6) is 0 Å². The zero-order chi connectivity index (χ0) is 9.97. The second-order valence-corrected chi connectivity index (χ2v) is 3.44. The lowest BCUT2D eigenvalue weighted by atomic mass is 10.1. The van der Waals surface area contributed by atoms with Crippen LogP contribution >= 0.6 is 0 Å². The van der Waals surface area contributed by atoms with Crippen molar-refractivity contribution < 1.29 is 9.59 Å². The lowest BCUT2D eigenvalue weighted by molar-refractivity contribution is -0.119. The number of Topliss-reactive ketones (excluding diaryl/α,β-unsaturated/α-hetero) is 2. The Morgan fingerprint density at radius 3 is 2.79 bits per heavy atom. The van der Waals surface area contributed by atoms with E-state index in [4.69, 9.17) is 0 Å². The molecule has 0 amide bonds. The average Bonchev–Trinajstić information content (AvgIpc) is 3.02. The Labute approximate surface area is 81.4 Å². The van der Waals surface area contributed by atoms with E-state index < -0.39 is 0 Å². The van der Waals surface area contributed by atoms with E-state index in [9.17, 15) is 9.59 Å².